The maximum atomic E-state index is 2.44. The van der Waals surface area contributed by atoms with Crippen molar-refractivity contribution < 1.29 is 44.8 Å². The standard InChI is InChI=1S/2C11H11.C2H4.2ClH.Hf/c2*1-8-7-10-5-3-4-6-11(10)9(8)2;1-2;;;/h2*3-7H,1-2H3;1-2H2;2*1H;/q;;;;;+2/p-2. The van der Waals surface area contributed by atoms with Crippen LogP contribution in [0.5, 0.6) is 0 Å². The van der Waals surface area contributed by atoms with Gasteiger partial charge in [0.05, 0.1) is 0 Å². The van der Waals surface area contributed by atoms with Gasteiger partial charge in [-0.15, -0.1) is 0 Å². The van der Waals surface area contributed by atoms with Gasteiger partial charge in [-0.1, -0.05) is 0 Å². The molecular weight excluding hydrogens is 538 g/mol. The van der Waals surface area contributed by atoms with E-state index in [0.29, 0.717) is 0 Å². The Bertz CT molecular complexity index is 890. The molecule has 0 nitrogen and oxygen atoms in total. The molecule has 3 heteroatoms. The van der Waals surface area contributed by atoms with Crippen molar-refractivity contribution in [2.45, 2.75) is 43.4 Å². The molecular formula is C24H26Cl2Hf. The van der Waals surface area contributed by atoms with Crippen LogP contribution in [0.3, 0.4) is 0 Å². The molecule has 0 aromatic heterocycles. The van der Waals surface area contributed by atoms with Crippen molar-refractivity contribution in [1.82, 2.24) is 0 Å². The fourth-order valence-corrected chi connectivity index (χ4v) is 34.8. The molecule has 2 aromatic rings. The molecule has 5 rings (SSSR count). The summed E-state index contributed by atoms with van der Waals surface area (Å²) >= 11 is -2.50. The van der Waals surface area contributed by atoms with E-state index < -0.39 is 20.0 Å². The Hall–Kier alpha value is -0.630. The van der Waals surface area contributed by atoms with E-state index >= 15 is 0 Å². The minimum Gasteiger partial charge on any atom is -1.00 e. The molecule has 140 valence electrons. The van der Waals surface area contributed by atoms with Crippen molar-refractivity contribution >= 4 is 11.1 Å². The van der Waals surface area contributed by atoms with Gasteiger partial charge in [0.15, 0.2) is 0 Å². The van der Waals surface area contributed by atoms with Crippen molar-refractivity contribution in [3.05, 3.63) is 81.9 Å². The number of hydrogen-bond donors (Lipinski definition) is 0. The second kappa shape index (κ2) is 7.32. The van der Waals surface area contributed by atoms with Crippen LogP contribution in [-0.2, 0) is 20.0 Å². The van der Waals surface area contributed by atoms with Crippen molar-refractivity contribution in [3.63, 3.8) is 0 Å². The van der Waals surface area contributed by atoms with Gasteiger partial charge in [-0.2, -0.15) is 0 Å². The molecule has 0 amide bonds. The number of benzene rings is 2. The number of rotatable bonds is 2. The van der Waals surface area contributed by atoms with Gasteiger partial charge in [0.1, 0.15) is 0 Å². The van der Waals surface area contributed by atoms with Crippen molar-refractivity contribution in [2.24, 2.45) is 0 Å². The quantitative estimate of drug-likeness (QED) is 0.481. The van der Waals surface area contributed by atoms with E-state index in [1.54, 1.807) is 52.9 Å². The molecule has 1 heterocycles. The monoisotopic (exact) mass is 564 g/mol. The van der Waals surface area contributed by atoms with Gasteiger partial charge in [0.25, 0.3) is 0 Å². The summed E-state index contributed by atoms with van der Waals surface area (Å²) in [6.45, 7) is 9.59. The zero-order valence-electron chi connectivity index (χ0n) is 16.4. The van der Waals surface area contributed by atoms with Crippen LogP contribution in [0, 0.1) is 0 Å². The van der Waals surface area contributed by atoms with Crippen molar-refractivity contribution in [1.29, 1.82) is 0 Å². The third-order valence-corrected chi connectivity index (χ3v) is 26.9. The van der Waals surface area contributed by atoms with E-state index in [-0.39, 0.29) is 24.8 Å². The Morgan fingerprint density at radius 1 is 0.630 bits per heavy atom. The Morgan fingerprint density at radius 3 is 1.37 bits per heavy atom. The smallest absolute Gasteiger partial charge is 1.00 e. The van der Waals surface area contributed by atoms with Crippen LogP contribution >= 0.6 is 0 Å². The minimum absolute atomic E-state index is 0. The average Bonchev–Trinajstić information content (AvgIpc) is 3.31. The van der Waals surface area contributed by atoms with Gasteiger partial charge in [-0.25, -0.2) is 0 Å². The first-order chi connectivity index (χ1) is 12.1. The molecule has 1 aliphatic heterocycles. The zero-order valence-corrected chi connectivity index (χ0v) is 21.5. The topological polar surface area (TPSA) is 0 Å². The molecule has 2 atom stereocenters. The van der Waals surface area contributed by atoms with Gasteiger partial charge in [-0.05, 0) is 0 Å². The molecule has 2 aromatic carbocycles. The molecule has 0 spiro atoms. The van der Waals surface area contributed by atoms with Crippen LogP contribution in [0.1, 0.15) is 57.3 Å². The van der Waals surface area contributed by atoms with Gasteiger partial charge >= 0.3 is 156 Å². The van der Waals surface area contributed by atoms with Crippen LogP contribution < -0.4 is 24.8 Å². The second-order valence-corrected chi connectivity index (χ2v) is 25.0. The van der Waals surface area contributed by atoms with E-state index in [4.69, 9.17) is 0 Å². The number of halogens is 2. The molecule has 0 saturated carbocycles. The Morgan fingerprint density at radius 2 is 1.00 bits per heavy atom. The molecule has 27 heavy (non-hydrogen) atoms. The van der Waals surface area contributed by atoms with E-state index in [1.165, 1.54) is 0 Å². The van der Waals surface area contributed by atoms with E-state index in [1.807, 2.05) is 0 Å². The van der Waals surface area contributed by atoms with E-state index in [2.05, 4.69) is 76.2 Å². The average molecular weight is 564 g/mol. The summed E-state index contributed by atoms with van der Waals surface area (Å²) in [4.78, 5) is 0. The van der Waals surface area contributed by atoms with Crippen LogP contribution in [0.2, 0.25) is 8.35 Å². The fourth-order valence-electron chi connectivity index (χ4n) is 5.87. The maximum absolute atomic E-state index is 2.50. The fraction of sp³-hybridized carbons (Fsp3) is 0.333. The first-order valence-electron chi connectivity index (χ1n) is 9.59. The van der Waals surface area contributed by atoms with Crippen LogP contribution in [-0.4, -0.2) is 0 Å². The predicted octanol–water partition coefficient (Wildman–Crippen LogP) is 1.10. The molecule has 1 saturated heterocycles. The molecule has 0 bridgehead atoms. The normalized spacial score (nSPS) is 23.0. The summed E-state index contributed by atoms with van der Waals surface area (Å²) < 4.78 is 4.76. The summed E-state index contributed by atoms with van der Waals surface area (Å²) in [5.41, 5.74) is 13.0. The summed E-state index contributed by atoms with van der Waals surface area (Å²) in [7, 11) is 0. The molecule has 2 aliphatic carbocycles. The van der Waals surface area contributed by atoms with Gasteiger partial charge in [0.2, 0.25) is 0 Å². The van der Waals surface area contributed by atoms with Crippen molar-refractivity contribution in [3.8, 4) is 0 Å². The van der Waals surface area contributed by atoms with Crippen LogP contribution in [0.15, 0.2) is 59.7 Å². The van der Waals surface area contributed by atoms with Gasteiger partial charge in [0, 0.05) is 0 Å². The maximum Gasteiger partial charge on any atom is -1.00 e. The third kappa shape index (κ3) is 2.80. The molecule has 3 aliphatic rings. The van der Waals surface area contributed by atoms with Crippen LogP contribution in [0.25, 0.3) is 11.1 Å². The molecule has 0 N–H and O–H groups in total. The third-order valence-electron chi connectivity index (χ3n) is 7.38. The first-order valence-corrected chi connectivity index (χ1v) is 18.8. The summed E-state index contributed by atoms with van der Waals surface area (Å²) in [6.07, 6.45) is 0. The molecule has 0 radical (unpaired) electrons. The molecule has 2 unspecified atom stereocenters. The first kappa shape index (κ1) is 21.1. The summed E-state index contributed by atoms with van der Waals surface area (Å²) in [6, 6.07) is 18.5. The molecule has 1 fully saturated rings. The van der Waals surface area contributed by atoms with E-state index in [9.17, 15) is 0 Å². The number of allylic oxidation sites excluding steroid dienone is 4. The predicted molar refractivity (Wildman–Crippen MR) is 105 cm³/mol. The van der Waals surface area contributed by atoms with Gasteiger partial charge < -0.3 is 24.8 Å². The Labute approximate surface area is 180 Å². The van der Waals surface area contributed by atoms with E-state index in [0.717, 1.165) is 7.35 Å². The summed E-state index contributed by atoms with van der Waals surface area (Å²) in [5.74, 6) is 0. The van der Waals surface area contributed by atoms with Crippen molar-refractivity contribution in [2.75, 3.05) is 0 Å². The second-order valence-electron chi connectivity index (χ2n) is 8.39. The SMILES string of the molecule is CC1=C(C)[CH]([Hf+2]2([CH]3C(C)=C(C)c4ccccc43)[CH2][CH2]2)c2ccccc21.[Cl-].[Cl-]. The largest absolute Gasteiger partial charge is 1.00 e. The minimum atomic E-state index is -2.50. The van der Waals surface area contributed by atoms with Gasteiger partial charge in [-0.3, -0.25) is 0 Å². The van der Waals surface area contributed by atoms with Crippen LogP contribution in [0.4, 0.5) is 0 Å². The number of fused-ring (bicyclic) bond motifs is 2. The Balaban J connectivity index is 0.00000105. The Kier molecular flexibility index (Phi) is 5.72. The summed E-state index contributed by atoms with van der Waals surface area (Å²) in [5, 5.41) is 0. The zero-order chi connectivity index (χ0) is 17.3. The number of hydrogen-bond acceptors (Lipinski definition) is 0.